The van der Waals surface area contributed by atoms with Crippen LogP contribution in [0.15, 0.2) is 12.7 Å². The standard InChI is InChI=1S/C21H32O4/c1-4-15-16(19(2)8-5-14(22)13-18(19)23)6-9-20(3)17(15)7-10-21(20)24-11-12-25-21/h4,14-17,22H,1,5-13H2,2-3H3/t14-,15+,16?,17?,19+,20-/m0/s1. The summed E-state index contributed by atoms with van der Waals surface area (Å²) < 4.78 is 12.3. The lowest BCUT2D eigenvalue weighted by molar-refractivity contribution is -0.239. The number of ether oxygens (including phenoxy) is 2. The molecule has 0 aromatic rings. The minimum atomic E-state index is -0.452. The highest BCUT2D eigenvalue weighted by molar-refractivity contribution is 5.86. The van der Waals surface area contributed by atoms with Gasteiger partial charge in [0.15, 0.2) is 5.79 Å². The molecule has 4 nitrogen and oxygen atoms in total. The molecule has 4 aliphatic rings. The number of Topliss-reactive ketones (excluding diaryl/α,β-unsaturated/α-hetero) is 1. The van der Waals surface area contributed by atoms with E-state index in [1.54, 1.807) is 0 Å². The summed E-state index contributed by atoms with van der Waals surface area (Å²) in [7, 11) is 0. The summed E-state index contributed by atoms with van der Waals surface area (Å²) >= 11 is 0. The van der Waals surface area contributed by atoms with E-state index < -0.39 is 11.9 Å². The Balaban J connectivity index is 1.64. The predicted octanol–water partition coefficient (Wildman–Crippen LogP) is 3.48. The van der Waals surface area contributed by atoms with Gasteiger partial charge in [-0.1, -0.05) is 19.9 Å². The fourth-order valence-corrected chi connectivity index (χ4v) is 6.70. The summed E-state index contributed by atoms with van der Waals surface area (Å²) in [4.78, 5) is 12.9. The molecule has 1 spiro atoms. The van der Waals surface area contributed by atoms with Crippen LogP contribution in [0.3, 0.4) is 0 Å². The number of ketones is 1. The zero-order valence-corrected chi connectivity index (χ0v) is 15.6. The predicted molar refractivity (Wildman–Crippen MR) is 94.8 cm³/mol. The van der Waals surface area contributed by atoms with Gasteiger partial charge in [-0.25, -0.2) is 0 Å². The van der Waals surface area contributed by atoms with Gasteiger partial charge in [-0.15, -0.1) is 6.58 Å². The third-order valence-corrected chi connectivity index (χ3v) is 8.28. The number of aliphatic hydroxyl groups is 1. The molecule has 0 aromatic heterocycles. The zero-order valence-electron chi connectivity index (χ0n) is 15.6. The summed E-state index contributed by atoms with van der Waals surface area (Å²) in [6.45, 7) is 10.0. The molecule has 4 rings (SSSR count). The number of rotatable bonds is 2. The number of aliphatic hydroxyl groups excluding tert-OH is 1. The van der Waals surface area contributed by atoms with Crippen LogP contribution in [0.25, 0.3) is 0 Å². The van der Waals surface area contributed by atoms with E-state index in [2.05, 4.69) is 26.5 Å². The van der Waals surface area contributed by atoms with Crippen molar-refractivity contribution in [1.82, 2.24) is 0 Å². The average molecular weight is 348 g/mol. The van der Waals surface area contributed by atoms with Gasteiger partial charge in [-0.2, -0.15) is 0 Å². The van der Waals surface area contributed by atoms with Crippen LogP contribution in [-0.2, 0) is 14.3 Å². The summed E-state index contributed by atoms with van der Waals surface area (Å²) in [5, 5.41) is 9.89. The molecule has 2 unspecified atom stereocenters. The van der Waals surface area contributed by atoms with Gasteiger partial charge >= 0.3 is 0 Å². The summed E-state index contributed by atoms with van der Waals surface area (Å²) in [5.74, 6) is 0.915. The van der Waals surface area contributed by atoms with Crippen molar-refractivity contribution >= 4 is 5.78 Å². The Kier molecular flexibility index (Phi) is 4.17. The molecule has 25 heavy (non-hydrogen) atoms. The first-order valence-corrected chi connectivity index (χ1v) is 9.98. The van der Waals surface area contributed by atoms with E-state index in [0.29, 0.717) is 37.4 Å². The minimum Gasteiger partial charge on any atom is -0.393 e. The molecule has 3 aliphatic carbocycles. The smallest absolute Gasteiger partial charge is 0.174 e. The van der Waals surface area contributed by atoms with Gasteiger partial charge in [-0.05, 0) is 49.9 Å². The van der Waals surface area contributed by atoms with Crippen molar-refractivity contribution in [2.24, 2.45) is 28.6 Å². The average Bonchev–Trinajstić information content (AvgIpc) is 3.18. The van der Waals surface area contributed by atoms with Crippen molar-refractivity contribution in [2.75, 3.05) is 13.2 Å². The molecule has 1 aliphatic heterocycles. The van der Waals surface area contributed by atoms with Crippen LogP contribution in [0.4, 0.5) is 0 Å². The van der Waals surface area contributed by atoms with E-state index >= 15 is 0 Å². The van der Waals surface area contributed by atoms with Crippen molar-refractivity contribution in [3.63, 3.8) is 0 Å². The van der Waals surface area contributed by atoms with Crippen molar-refractivity contribution in [3.05, 3.63) is 12.7 Å². The Morgan fingerprint density at radius 2 is 1.76 bits per heavy atom. The monoisotopic (exact) mass is 348 g/mol. The molecule has 1 N–H and O–H groups in total. The molecule has 3 saturated carbocycles. The highest BCUT2D eigenvalue weighted by atomic mass is 16.7. The number of hydrogen-bond donors (Lipinski definition) is 1. The van der Waals surface area contributed by atoms with E-state index in [0.717, 1.165) is 38.5 Å². The molecule has 1 heterocycles. The second-order valence-corrected chi connectivity index (χ2v) is 9.21. The second-order valence-electron chi connectivity index (χ2n) is 9.21. The molecule has 6 atom stereocenters. The van der Waals surface area contributed by atoms with E-state index in [9.17, 15) is 9.90 Å². The second kappa shape index (κ2) is 5.90. The molecule has 140 valence electrons. The van der Waals surface area contributed by atoms with Gasteiger partial charge in [0.1, 0.15) is 5.78 Å². The number of carbonyl (C=O) groups is 1. The van der Waals surface area contributed by atoms with Crippen molar-refractivity contribution in [2.45, 2.75) is 70.7 Å². The van der Waals surface area contributed by atoms with Crippen LogP contribution < -0.4 is 0 Å². The van der Waals surface area contributed by atoms with Gasteiger partial charge in [-0.3, -0.25) is 4.79 Å². The summed E-state index contributed by atoms with van der Waals surface area (Å²) in [5.41, 5.74) is -0.320. The Morgan fingerprint density at radius 1 is 1.08 bits per heavy atom. The third kappa shape index (κ3) is 2.33. The number of allylic oxidation sites excluding steroid dienone is 1. The molecule has 4 heteroatoms. The first-order chi connectivity index (χ1) is 11.9. The Hall–Kier alpha value is -0.710. The maximum atomic E-state index is 12.9. The fourth-order valence-electron chi connectivity index (χ4n) is 6.70. The first kappa shape index (κ1) is 17.7. The Labute approximate surface area is 151 Å². The molecular weight excluding hydrogens is 316 g/mol. The van der Waals surface area contributed by atoms with Gasteiger partial charge in [0.2, 0.25) is 0 Å². The zero-order chi connectivity index (χ0) is 17.9. The van der Waals surface area contributed by atoms with Gasteiger partial charge in [0.25, 0.3) is 0 Å². The van der Waals surface area contributed by atoms with Crippen molar-refractivity contribution < 1.29 is 19.4 Å². The third-order valence-electron chi connectivity index (χ3n) is 8.28. The van der Waals surface area contributed by atoms with Gasteiger partial charge < -0.3 is 14.6 Å². The molecule has 0 amide bonds. The lowest BCUT2D eigenvalue weighted by Gasteiger charge is -2.54. The van der Waals surface area contributed by atoms with Crippen LogP contribution in [0.1, 0.15) is 58.8 Å². The normalized spacial score (nSPS) is 49.3. The van der Waals surface area contributed by atoms with Gasteiger partial charge in [0, 0.05) is 23.7 Å². The number of fused-ring (bicyclic) bond motifs is 2. The number of hydrogen-bond acceptors (Lipinski definition) is 4. The topological polar surface area (TPSA) is 55.8 Å². The lowest BCUT2D eigenvalue weighted by atomic mass is 9.51. The quantitative estimate of drug-likeness (QED) is 0.776. The summed E-state index contributed by atoms with van der Waals surface area (Å²) in [6, 6.07) is 0. The first-order valence-electron chi connectivity index (χ1n) is 9.98. The maximum Gasteiger partial charge on any atom is 0.174 e. The molecule has 0 aromatic carbocycles. The Bertz CT molecular complexity index is 566. The molecule has 4 fully saturated rings. The van der Waals surface area contributed by atoms with E-state index in [-0.39, 0.29) is 16.6 Å². The number of carbonyl (C=O) groups excluding carboxylic acids is 1. The fraction of sp³-hybridized carbons (Fsp3) is 0.857. The van der Waals surface area contributed by atoms with Crippen LogP contribution >= 0.6 is 0 Å². The lowest BCUT2D eigenvalue weighted by Crippen LogP contribution is -2.55. The highest BCUT2D eigenvalue weighted by Gasteiger charge is 2.66. The Morgan fingerprint density at radius 3 is 2.40 bits per heavy atom. The largest absolute Gasteiger partial charge is 0.393 e. The van der Waals surface area contributed by atoms with Gasteiger partial charge in [0.05, 0.1) is 19.3 Å². The minimum absolute atomic E-state index is 0.00639. The van der Waals surface area contributed by atoms with Crippen LogP contribution in [0, 0.1) is 28.6 Å². The maximum absolute atomic E-state index is 12.9. The van der Waals surface area contributed by atoms with Crippen LogP contribution in [-0.4, -0.2) is 36.0 Å². The van der Waals surface area contributed by atoms with Crippen LogP contribution in [0.5, 0.6) is 0 Å². The molecular formula is C21H32O4. The molecule has 1 saturated heterocycles. The highest BCUT2D eigenvalue weighted by Crippen LogP contribution is 2.65. The SMILES string of the molecule is C=C[C@@H]1C([C@@]2(C)CC[C@H](O)CC2=O)CC[C@@]2(C)C1CCC21OCCO1. The van der Waals surface area contributed by atoms with Crippen LogP contribution in [0.2, 0.25) is 0 Å². The molecule has 0 bridgehead atoms. The van der Waals surface area contributed by atoms with Crippen molar-refractivity contribution in [3.8, 4) is 0 Å². The van der Waals surface area contributed by atoms with E-state index in [1.165, 1.54) is 0 Å². The van der Waals surface area contributed by atoms with E-state index in [1.807, 2.05) is 0 Å². The molecule has 0 radical (unpaired) electrons. The summed E-state index contributed by atoms with van der Waals surface area (Å²) in [6.07, 6.45) is 7.58. The van der Waals surface area contributed by atoms with Crippen molar-refractivity contribution in [1.29, 1.82) is 0 Å². The van der Waals surface area contributed by atoms with E-state index in [4.69, 9.17) is 9.47 Å².